The number of carbonyl (C=O) groups is 2. The summed E-state index contributed by atoms with van der Waals surface area (Å²) in [5.74, 6) is -1.42. The van der Waals surface area contributed by atoms with E-state index in [9.17, 15) is 14.7 Å². The molecule has 29 heavy (non-hydrogen) atoms. The van der Waals surface area contributed by atoms with Crippen LogP contribution in [0.4, 0.5) is 0 Å². The van der Waals surface area contributed by atoms with Crippen molar-refractivity contribution in [3.05, 3.63) is 42.0 Å². The molecule has 8 nitrogen and oxygen atoms in total. The molecule has 0 radical (unpaired) electrons. The summed E-state index contributed by atoms with van der Waals surface area (Å²) in [7, 11) is 5.77. The summed E-state index contributed by atoms with van der Waals surface area (Å²) in [5.41, 5.74) is 1.19. The van der Waals surface area contributed by atoms with Gasteiger partial charge in [0.1, 0.15) is 5.75 Å². The first-order valence-corrected chi connectivity index (χ1v) is 9.46. The molecule has 0 saturated heterocycles. The van der Waals surface area contributed by atoms with Crippen LogP contribution < -0.4 is 4.74 Å². The van der Waals surface area contributed by atoms with E-state index in [2.05, 4.69) is 31.1 Å². The smallest absolute Gasteiger partial charge is 0.328 e. The number of benzene rings is 1. The van der Waals surface area contributed by atoms with Gasteiger partial charge in [0.25, 0.3) is 0 Å². The average molecular weight is 409 g/mol. The summed E-state index contributed by atoms with van der Waals surface area (Å²) in [5, 5.41) is 26.0. The molecule has 1 fully saturated rings. The van der Waals surface area contributed by atoms with Crippen molar-refractivity contribution in [3.63, 3.8) is 0 Å². The van der Waals surface area contributed by atoms with Crippen LogP contribution in [0.5, 0.6) is 5.75 Å². The summed E-state index contributed by atoms with van der Waals surface area (Å²) in [6, 6.07) is 8.33. The van der Waals surface area contributed by atoms with E-state index in [0.29, 0.717) is 12.2 Å². The Balaban J connectivity index is 0.000000447. The third-order valence-corrected chi connectivity index (χ3v) is 4.66. The number of nitrogens with zero attached hydrogens (tertiary/aromatic N) is 1. The fourth-order valence-electron chi connectivity index (χ4n) is 3.49. The Hall–Kier alpha value is -2.42. The topological polar surface area (TPSA) is 117 Å². The lowest BCUT2D eigenvalue weighted by molar-refractivity contribution is -0.134. The second-order valence-corrected chi connectivity index (χ2v) is 7.06. The molecule has 3 N–H and O–H groups in total. The third-order valence-electron chi connectivity index (χ3n) is 4.66. The van der Waals surface area contributed by atoms with Crippen molar-refractivity contribution in [2.24, 2.45) is 5.92 Å². The Morgan fingerprint density at radius 3 is 2.31 bits per heavy atom. The zero-order chi connectivity index (χ0) is 21.8. The third kappa shape index (κ3) is 9.08. The zero-order valence-corrected chi connectivity index (χ0v) is 17.2. The van der Waals surface area contributed by atoms with Gasteiger partial charge in [0, 0.05) is 31.2 Å². The van der Waals surface area contributed by atoms with Gasteiger partial charge in [-0.3, -0.25) is 0 Å². The van der Waals surface area contributed by atoms with Gasteiger partial charge in [-0.1, -0.05) is 25.0 Å². The van der Waals surface area contributed by atoms with E-state index < -0.39 is 11.9 Å². The molecule has 0 heterocycles. The summed E-state index contributed by atoms with van der Waals surface area (Å²) in [6.45, 7) is 0.252. The highest BCUT2D eigenvalue weighted by Crippen LogP contribution is 2.38. The van der Waals surface area contributed by atoms with Crippen LogP contribution in [0.1, 0.15) is 37.3 Å². The fourth-order valence-corrected chi connectivity index (χ4v) is 3.49. The molecular weight excluding hydrogens is 378 g/mol. The van der Waals surface area contributed by atoms with Gasteiger partial charge in [-0.05, 0) is 44.6 Å². The molecule has 1 aliphatic rings. The van der Waals surface area contributed by atoms with Gasteiger partial charge in [-0.25, -0.2) is 9.59 Å². The molecular formula is C21H31NO7. The zero-order valence-electron chi connectivity index (χ0n) is 17.2. The van der Waals surface area contributed by atoms with Crippen LogP contribution in [0.3, 0.4) is 0 Å². The van der Waals surface area contributed by atoms with Gasteiger partial charge >= 0.3 is 11.9 Å². The maximum absolute atomic E-state index is 10.4. The van der Waals surface area contributed by atoms with Gasteiger partial charge in [-0.15, -0.1) is 0 Å². The fraction of sp³-hybridized carbons (Fsp3) is 0.524. The molecule has 0 aliphatic heterocycles. The van der Waals surface area contributed by atoms with Crippen LogP contribution in [0, 0.1) is 5.92 Å². The van der Waals surface area contributed by atoms with Crippen molar-refractivity contribution >= 4 is 11.9 Å². The van der Waals surface area contributed by atoms with Crippen LogP contribution >= 0.6 is 0 Å². The maximum Gasteiger partial charge on any atom is 0.328 e. The largest absolute Gasteiger partial charge is 0.478 e. The predicted octanol–water partition coefficient (Wildman–Crippen LogP) is 2.53. The molecule has 0 bridgehead atoms. The summed E-state index contributed by atoms with van der Waals surface area (Å²) in [6.07, 6.45) is 5.22. The molecule has 1 aliphatic carbocycles. The monoisotopic (exact) mass is 409 g/mol. The van der Waals surface area contributed by atoms with Gasteiger partial charge < -0.3 is 29.7 Å². The molecule has 2 rings (SSSR count). The van der Waals surface area contributed by atoms with Crippen molar-refractivity contribution in [1.82, 2.24) is 4.90 Å². The number of methoxy groups -OCH3 is 1. The van der Waals surface area contributed by atoms with E-state index in [1.54, 1.807) is 7.11 Å². The molecule has 3 atom stereocenters. The molecule has 1 unspecified atom stereocenters. The van der Waals surface area contributed by atoms with E-state index in [4.69, 9.17) is 19.7 Å². The Morgan fingerprint density at radius 2 is 1.79 bits per heavy atom. The van der Waals surface area contributed by atoms with Gasteiger partial charge in [-0.2, -0.15) is 0 Å². The molecule has 0 aromatic heterocycles. The van der Waals surface area contributed by atoms with Gasteiger partial charge in [0.05, 0.1) is 6.10 Å². The van der Waals surface area contributed by atoms with Crippen LogP contribution in [0.2, 0.25) is 0 Å². The minimum atomic E-state index is -1.26. The molecule has 1 aromatic carbocycles. The molecule has 162 valence electrons. The van der Waals surface area contributed by atoms with Gasteiger partial charge in [0.2, 0.25) is 0 Å². The maximum atomic E-state index is 10.4. The average Bonchev–Trinajstić information content (AvgIpc) is 2.67. The number of aliphatic hydroxyl groups is 1. The normalized spacial score (nSPS) is 20.0. The number of ether oxygens (including phenoxy) is 2. The number of hydrogen-bond donors (Lipinski definition) is 3. The summed E-state index contributed by atoms with van der Waals surface area (Å²) >= 11 is 0. The summed E-state index contributed by atoms with van der Waals surface area (Å²) in [4.78, 5) is 21.3. The minimum Gasteiger partial charge on any atom is -0.478 e. The van der Waals surface area contributed by atoms with E-state index in [1.165, 1.54) is 12.0 Å². The van der Waals surface area contributed by atoms with E-state index >= 15 is 0 Å². The van der Waals surface area contributed by atoms with Crippen LogP contribution in [-0.4, -0.2) is 66.3 Å². The Morgan fingerprint density at radius 1 is 1.17 bits per heavy atom. The molecule has 0 amide bonds. The SMILES string of the molecule is COCOc1cccc(C([C@H]2CCCC[C@@H]2O)N(C)C)c1.O=C(O)/C=C\C(=O)O. The second kappa shape index (κ2) is 12.9. The molecule has 0 spiro atoms. The van der Waals surface area contributed by atoms with E-state index in [-0.39, 0.29) is 24.9 Å². The number of aliphatic carboxylic acids is 2. The van der Waals surface area contributed by atoms with E-state index in [1.807, 2.05) is 12.1 Å². The number of carboxylic acid groups (broad SMARTS) is 2. The molecule has 1 saturated carbocycles. The molecule has 8 heteroatoms. The predicted molar refractivity (Wildman–Crippen MR) is 108 cm³/mol. The quantitative estimate of drug-likeness (QED) is 0.443. The first-order valence-electron chi connectivity index (χ1n) is 9.46. The Labute approximate surface area is 171 Å². The highest BCUT2D eigenvalue weighted by molar-refractivity contribution is 5.89. The highest BCUT2D eigenvalue weighted by atomic mass is 16.7. The standard InChI is InChI=1S/C17H27NO3.C4H4O4/c1-18(2)17(15-9-4-5-10-16(15)19)13-7-6-8-14(11-13)21-12-20-3;5-3(6)1-2-4(7)8/h6-8,11,15-17,19H,4-5,9-10,12H2,1-3H3;1-2H,(H,5,6)(H,7,8)/b;2-1-/t15-,16-,17?;/m0./s1. The van der Waals surface area contributed by atoms with Crippen LogP contribution in [0.15, 0.2) is 36.4 Å². The van der Waals surface area contributed by atoms with Crippen molar-refractivity contribution in [2.45, 2.75) is 37.8 Å². The van der Waals surface area contributed by atoms with Gasteiger partial charge in [0.15, 0.2) is 6.79 Å². The van der Waals surface area contributed by atoms with Crippen molar-refractivity contribution in [1.29, 1.82) is 0 Å². The minimum absolute atomic E-state index is 0.213. The second-order valence-electron chi connectivity index (χ2n) is 7.06. The lowest BCUT2D eigenvalue weighted by Crippen LogP contribution is -2.36. The first-order chi connectivity index (χ1) is 13.8. The van der Waals surface area contributed by atoms with Crippen LogP contribution in [-0.2, 0) is 14.3 Å². The number of carboxylic acids is 2. The first kappa shape index (κ1) is 24.6. The number of rotatable bonds is 8. The van der Waals surface area contributed by atoms with Crippen LogP contribution in [0.25, 0.3) is 0 Å². The Kier molecular flexibility index (Phi) is 11.0. The Bertz CT molecular complexity index is 659. The highest BCUT2D eigenvalue weighted by Gasteiger charge is 2.33. The van der Waals surface area contributed by atoms with Crippen molar-refractivity contribution in [2.75, 3.05) is 28.0 Å². The summed E-state index contributed by atoms with van der Waals surface area (Å²) < 4.78 is 10.5. The molecule has 1 aromatic rings. The lowest BCUT2D eigenvalue weighted by atomic mass is 9.78. The van der Waals surface area contributed by atoms with Crippen molar-refractivity contribution in [3.8, 4) is 5.75 Å². The van der Waals surface area contributed by atoms with Crippen molar-refractivity contribution < 1.29 is 34.4 Å². The lowest BCUT2D eigenvalue weighted by Gasteiger charge is -2.38. The number of aliphatic hydroxyl groups excluding tert-OH is 1. The van der Waals surface area contributed by atoms with E-state index in [0.717, 1.165) is 25.0 Å². The number of hydrogen-bond acceptors (Lipinski definition) is 6.